The SMILES string of the molecule is CNCC1(CN(CCOC)C(C)C2CC2)CCCCC1. The first-order valence-electron chi connectivity index (χ1n) is 8.58. The van der Waals surface area contributed by atoms with Crippen LogP contribution in [0.1, 0.15) is 51.9 Å². The molecule has 1 atom stereocenters. The lowest BCUT2D eigenvalue weighted by Crippen LogP contribution is -2.49. The van der Waals surface area contributed by atoms with Crippen molar-refractivity contribution in [2.24, 2.45) is 11.3 Å². The van der Waals surface area contributed by atoms with Crippen LogP contribution in [0.5, 0.6) is 0 Å². The van der Waals surface area contributed by atoms with Gasteiger partial charge in [-0.25, -0.2) is 0 Å². The van der Waals surface area contributed by atoms with Gasteiger partial charge in [-0.15, -0.1) is 0 Å². The lowest BCUT2D eigenvalue weighted by atomic mass is 9.73. The van der Waals surface area contributed by atoms with Crippen LogP contribution >= 0.6 is 0 Å². The van der Waals surface area contributed by atoms with Crippen LogP contribution < -0.4 is 5.32 Å². The summed E-state index contributed by atoms with van der Waals surface area (Å²) in [6.07, 6.45) is 9.92. The Balaban J connectivity index is 1.98. The Morgan fingerprint density at radius 3 is 2.50 bits per heavy atom. The maximum Gasteiger partial charge on any atom is 0.0589 e. The van der Waals surface area contributed by atoms with Crippen molar-refractivity contribution in [2.45, 2.75) is 57.9 Å². The number of ether oxygens (including phenoxy) is 1. The third-order valence-electron chi connectivity index (χ3n) is 5.47. The van der Waals surface area contributed by atoms with Crippen LogP contribution in [0.15, 0.2) is 0 Å². The van der Waals surface area contributed by atoms with E-state index in [0.717, 1.165) is 25.1 Å². The molecule has 0 radical (unpaired) electrons. The van der Waals surface area contributed by atoms with Crippen molar-refractivity contribution >= 4 is 0 Å². The van der Waals surface area contributed by atoms with Gasteiger partial charge in [-0.3, -0.25) is 4.90 Å². The molecule has 3 nitrogen and oxygen atoms in total. The Morgan fingerprint density at radius 2 is 1.95 bits per heavy atom. The molecule has 0 saturated heterocycles. The molecule has 0 spiro atoms. The van der Waals surface area contributed by atoms with Gasteiger partial charge in [0.15, 0.2) is 0 Å². The maximum atomic E-state index is 5.35. The van der Waals surface area contributed by atoms with Crippen molar-refractivity contribution in [2.75, 3.05) is 40.4 Å². The highest BCUT2D eigenvalue weighted by Crippen LogP contribution is 2.40. The van der Waals surface area contributed by atoms with E-state index >= 15 is 0 Å². The molecule has 1 unspecified atom stereocenters. The molecule has 2 rings (SSSR count). The van der Waals surface area contributed by atoms with E-state index in [2.05, 4.69) is 24.2 Å². The first-order chi connectivity index (χ1) is 9.71. The predicted molar refractivity (Wildman–Crippen MR) is 85.1 cm³/mol. The number of hydrogen-bond acceptors (Lipinski definition) is 3. The van der Waals surface area contributed by atoms with E-state index in [0.29, 0.717) is 5.41 Å². The van der Waals surface area contributed by atoms with Crippen LogP contribution in [0.4, 0.5) is 0 Å². The minimum atomic E-state index is 0.504. The van der Waals surface area contributed by atoms with E-state index < -0.39 is 0 Å². The largest absolute Gasteiger partial charge is 0.383 e. The summed E-state index contributed by atoms with van der Waals surface area (Å²) in [5.74, 6) is 0.946. The summed E-state index contributed by atoms with van der Waals surface area (Å²) >= 11 is 0. The second-order valence-corrected chi connectivity index (χ2v) is 7.13. The van der Waals surface area contributed by atoms with Gasteiger partial charge in [0.2, 0.25) is 0 Å². The minimum Gasteiger partial charge on any atom is -0.383 e. The second-order valence-electron chi connectivity index (χ2n) is 7.13. The molecule has 0 heterocycles. The number of nitrogens with one attached hydrogen (secondary N) is 1. The molecule has 0 aromatic carbocycles. The Bertz CT molecular complexity index is 267. The standard InChI is InChI=1S/C17H34N2O/c1-15(16-7-8-16)19(11-12-20-3)14-17(13-18-2)9-5-4-6-10-17/h15-16,18H,4-14H2,1-3H3. The predicted octanol–water partition coefficient (Wildman–Crippen LogP) is 2.90. The summed E-state index contributed by atoms with van der Waals surface area (Å²) in [7, 11) is 3.93. The Kier molecular flexibility index (Phi) is 6.31. The summed E-state index contributed by atoms with van der Waals surface area (Å²) in [5, 5.41) is 3.47. The van der Waals surface area contributed by atoms with Crippen molar-refractivity contribution in [1.29, 1.82) is 0 Å². The number of rotatable bonds is 9. The van der Waals surface area contributed by atoms with Gasteiger partial charge in [0.25, 0.3) is 0 Å². The number of nitrogens with zero attached hydrogens (tertiary/aromatic N) is 1. The fourth-order valence-electron chi connectivity index (χ4n) is 4.01. The molecule has 2 fully saturated rings. The van der Waals surface area contributed by atoms with Gasteiger partial charge >= 0.3 is 0 Å². The van der Waals surface area contributed by atoms with Gasteiger partial charge in [0.05, 0.1) is 6.61 Å². The number of methoxy groups -OCH3 is 1. The fraction of sp³-hybridized carbons (Fsp3) is 1.00. The van der Waals surface area contributed by atoms with E-state index in [9.17, 15) is 0 Å². The highest BCUT2D eigenvalue weighted by molar-refractivity contribution is 4.92. The molecular formula is C17H34N2O. The Morgan fingerprint density at radius 1 is 1.25 bits per heavy atom. The second kappa shape index (κ2) is 7.77. The van der Waals surface area contributed by atoms with Crippen LogP contribution in [0.2, 0.25) is 0 Å². The molecule has 118 valence electrons. The van der Waals surface area contributed by atoms with Crippen LogP contribution in [0, 0.1) is 11.3 Å². The average Bonchev–Trinajstić information content (AvgIpc) is 3.28. The summed E-state index contributed by atoms with van der Waals surface area (Å²) in [4.78, 5) is 2.73. The highest BCUT2D eigenvalue weighted by atomic mass is 16.5. The number of hydrogen-bond donors (Lipinski definition) is 1. The van der Waals surface area contributed by atoms with Crippen LogP contribution in [-0.2, 0) is 4.74 Å². The van der Waals surface area contributed by atoms with Gasteiger partial charge in [0, 0.05) is 32.8 Å². The minimum absolute atomic E-state index is 0.504. The lowest BCUT2D eigenvalue weighted by molar-refractivity contribution is 0.0521. The smallest absolute Gasteiger partial charge is 0.0589 e. The molecule has 20 heavy (non-hydrogen) atoms. The Labute approximate surface area is 125 Å². The molecule has 1 N–H and O–H groups in total. The third-order valence-corrected chi connectivity index (χ3v) is 5.47. The molecule has 2 aliphatic rings. The first kappa shape index (κ1) is 16.3. The average molecular weight is 282 g/mol. The molecule has 0 aromatic heterocycles. The zero-order chi connectivity index (χ0) is 14.4. The molecule has 0 aromatic rings. The van der Waals surface area contributed by atoms with Crippen LogP contribution in [0.3, 0.4) is 0 Å². The summed E-state index contributed by atoms with van der Waals surface area (Å²) in [6, 6.07) is 0.737. The van der Waals surface area contributed by atoms with E-state index in [4.69, 9.17) is 4.74 Å². The molecule has 3 heteroatoms. The molecule has 0 amide bonds. The van der Waals surface area contributed by atoms with Crippen LogP contribution in [-0.4, -0.2) is 51.3 Å². The van der Waals surface area contributed by atoms with Gasteiger partial charge in [0.1, 0.15) is 0 Å². The normalized spacial score (nSPS) is 24.0. The zero-order valence-corrected chi connectivity index (χ0v) is 13.8. The lowest BCUT2D eigenvalue weighted by Gasteiger charge is -2.43. The maximum absolute atomic E-state index is 5.35. The van der Waals surface area contributed by atoms with Gasteiger partial charge < -0.3 is 10.1 Å². The van der Waals surface area contributed by atoms with Crippen molar-refractivity contribution in [3.63, 3.8) is 0 Å². The van der Waals surface area contributed by atoms with E-state index in [-0.39, 0.29) is 0 Å². The van der Waals surface area contributed by atoms with Crippen molar-refractivity contribution in [3.05, 3.63) is 0 Å². The molecular weight excluding hydrogens is 248 g/mol. The van der Waals surface area contributed by atoms with Gasteiger partial charge in [-0.05, 0) is 51.0 Å². The summed E-state index contributed by atoms with van der Waals surface area (Å²) in [6.45, 7) is 6.83. The topological polar surface area (TPSA) is 24.5 Å². The quantitative estimate of drug-likeness (QED) is 0.704. The van der Waals surface area contributed by atoms with Crippen molar-refractivity contribution in [3.8, 4) is 0 Å². The zero-order valence-electron chi connectivity index (χ0n) is 13.8. The van der Waals surface area contributed by atoms with Gasteiger partial charge in [-0.2, -0.15) is 0 Å². The summed E-state index contributed by atoms with van der Waals surface area (Å²) < 4.78 is 5.35. The molecule has 0 bridgehead atoms. The van der Waals surface area contributed by atoms with E-state index in [1.54, 1.807) is 0 Å². The first-order valence-corrected chi connectivity index (χ1v) is 8.58. The molecule has 2 saturated carbocycles. The Hall–Kier alpha value is -0.120. The van der Waals surface area contributed by atoms with Crippen molar-refractivity contribution < 1.29 is 4.74 Å². The molecule has 2 aliphatic carbocycles. The highest BCUT2D eigenvalue weighted by Gasteiger charge is 2.38. The van der Waals surface area contributed by atoms with Crippen LogP contribution in [0.25, 0.3) is 0 Å². The summed E-state index contributed by atoms with van der Waals surface area (Å²) in [5.41, 5.74) is 0.504. The fourth-order valence-corrected chi connectivity index (χ4v) is 4.01. The molecule has 0 aliphatic heterocycles. The van der Waals surface area contributed by atoms with E-state index in [1.165, 1.54) is 58.0 Å². The van der Waals surface area contributed by atoms with Crippen molar-refractivity contribution in [1.82, 2.24) is 10.2 Å². The monoisotopic (exact) mass is 282 g/mol. The van der Waals surface area contributed by atoms with E-state index in [1.807, 2.05) is 7.11 Å². The third kappa shape index (κ3) is 4.44. The van der Waals surface area contributed by atoms with Gasteiger partial charge in [-0.1, -0.05) is 19.3 Å².